The Morgan fingerprint density at radius 2 is 1.85 bits per heavy atom. The quantitative estimate of drug-likeness (QED) is 0.286. The van der Waals surface area contributed by atoms with Gasteiger partial charge in [0.25, 0.3) is 0 Å². The Labute approximate surface area is 264 Å². The van der Waals surface area contributed by atoms with Crippen LogP contribution in [0.2, 0.25) is 0 Å². The molecule has 2 aromatic rings. The molecule has 2 bridgehead atoms. The first-order chi connectivity index (χ1) is 21.8. The number of allylic oxidation sites excluding steroid dienone is 1. The largest absolute Gasteiger partial charge is 0.497 e. The SMILES string of the molecule is COc1ccc2c(c1)[C@@H]1C[C@H]2OC/C=C\CC[C@H](N(C)C(=O)CCCC(F)(F)F)C(=O)N[C@@H](Cc2cc(F)cc(F)c2)[C@H](O)CN1. The Hall–Kier alpha value is -3.55. The van der Waals surface area contributed by atoms with Gasteiger partial charge in [0.15, 0.2) is 0 Å². The number of hydrogen-bond acceptors (Lipinski definition) is 6. The van der Waals surface area contributed by atoms with Crippen molar-refractivity contribution in [1.29, 1.82) is 0 Å². The van der Waals surface area contributed by atoms with Crippen LogP contribution in [0, 0.1) is 11.6 Å². The number of halogens is 5. The summed E-state index contributed by atoms with van der Waals surface area (Å²) >= 11 is 0. The summed E-state index contributed by atoms with van der Waals surface area (Å²) in [5.74, 6) is -2.28. The number of carbonyl (C=O) groups excluding carboxylic acids is 2. The standard InChI is InChI=1S/C33H40F5N3O5/c1-41(31(43)8-6-11-33(36,37)38)28-7-4-3-5-12-46-30-18-26(25-17-23(45-2)9-10-24(25)30)39-19-29(42)27(40-32(28)44)15-20-13-21(34)16-22(35)14-20/h3,5,9-10,13-14,16-17,26-30,39,42H,4,6-8,11-12,15,18-19H2,1-2H3,(H,40,44)/b5-3-/t26-,27-,28-,29+,30+/m0/s1. The van der Waals surface area contributed by atoms with Gasteiger partial charge in [0.1, 0.15) is 23.4 Å². The fourth-order valence-corrected chi connectivity index (χ4v) is 5.95. The predicted octanol–water partition coefficient (Wildman–Crippen LogP) is 5.06. The van der Waals surface area contributed by atoms with Crippen molar-refractivity contribution < 1.29 is 46.1 Å². The zero-order valence-electron chi connectivity index (χ0n) is 25.8. The molecule has 0 fully saturated rings. The maximum Gasteiger partial charge on any atom is 0.389 e. The van der Waals surface area contributed by atoms with E-state index < -0.39 is 67.1 Å². The summed E-state index contributed by atoms with van der Waals surface area (Å²) in [4.78, 5) is 27.7. The van der Waals surface area contributed by atoms with Crippen LogP contribution in [0.25, 0.3) is 0 Å². The van der Waals surface area contributed by atoms with E-state index in [-0.39, 0.29) is 43.7 Å². The third-order valence-electron chi connectivity index (χ3n) is 8.39. The molecular weight excluding hydrogens is 613 g/mol. The Morgan fingerprint density at radius 3 is 2.54 bits per heavy atom. The fraction of sp³-hybridized carbons (Fsp3) is 0.515. The lowest BCUT2D eigenvalue weighted by molar-refractivity contribution is -0.144. The molecule has 1 aliphatic heterocycles. The van der Waals surface area contributed by atoms with Crippen LogP contribution in [0.4, 0.5) is 22.0 Å². The number of benzene rings is 2. The zero-order chi connectivity index (χ0) is 33.4. The molecule has 0 aromatic heterocycles. The molecule has 4 rings (SSSR count). The van der Waals surface area contributed by atoms with Crippen LogP contribution in [0.1, 0.15) is 67.4 Å². The highest BCUT2D eigenvalue weighted by Crippen LogP contribution is 2.42. The lowest BCUT2D eigenvalue weighted by Crippen LogP contribution is -2.55. The summed E-state index contributed by atoms with van der Waals surface area (Å²) in [6.45, 7) is 0.258. The van der Waals surface area contributed by atoms with Crippen molar-refractivity contribution >= 4 is 11.8 Å². The van der Waals surface area contributed by atoms with Crippen molar-refractivity contribution in [3.8, 4) is 5.75 Å². The minimum Gasteiger partial charge on any atom is -0.497 e. The lowest BCUT2D eigenvalue weighted by Gasteiger charge is -2.31. The number of aliphatic hydroxyl groups is 1. The number of alkyl halides is 3. The van der Waals surface area contributed by atoms with Gasteiger partial charge in [-0.2, -0.15) is 13.2 Å². The maximum absolute atomic E-state index is 14.1. The molecular formula is C33H40F5N3O5. The molecule has 0 unspecified atom stereocenters. The van der Waals surface area contributed by atoms with E-state index in [4.69, 9.17) is 9.47 Å². The van der Waals surface area contributed by atoms with Crippen molar-refractivity contribution in [1.82, 2.24) is 15.5 Å². The molecule has 5 atom stereocenters. The summed E-state index contributed by atoms with van der Waals surface area (Å²) in [5, 5.41) is 17.5. The molecule has 0 saturated carbocycles. The summed E-state index contributed by atoms with van der Waals surface area (Å²) < 4.78 is 77.7. The molecule has 0 saturated heterocycles. The number of carbonyl (C=O) groups is 2. The smallest absolute Gasteiger partial charge is 0.389 e. The van der Waals surface area contributed by atoms with E-state index in [1.54, 1.807) is 19.3 Å². The van der Waals surface area contributed by atoms with Gasteiger partial charge in [-0.3, -0.25) is 9.59 Å². The number of hydrogen-bond donors (Lipinski definition) is 3. The second-order valence-corrected chi connectivity index (χ2v) is 11.7. The van der Waals surface area contributed by atoms with Crippen molar-refractivity contribution in [2.75, 3.05) is 27.3 Å². The van der Waals surface area contributed by atoms with Crippen molar-refractivity contribution in [2.45, 2.75) is 81.5 Å². The van der Waals surface area contributed by atoms with Crippen LogP contribution >= 0.6 is 0 Å². The van der Waals surface area contributed by atoms with Crippen LogP contribution in [0.3, 0.4) is 0 Å². The van der Waals surface area contributed by atoms with Gasteiger partial charge < -0.3 is 30.1 Å². The molecule has 252 valence electrons. The molecule has 0 radical (unpaired) electrons. The second-order valence-electron chi connectivity index (χ2n) is 11.7. The van der Waals surface area contributed by atoms with E-state index in [9.17, 15) is 36.6 Å². The number of amides is 2. The molecule has 1 heterocycles. The number of ether oxygens (including phenoxy) is 2. The molecule has 2 amide bonds. The average molecular weight is 654 g/mol. The Balaban J connectivity index is 1.60. The van der Waals surface area contributed by atoms with Crippen LogP contribution < -0.4 is 15.4 Å². The molecule has 46 heavy (non-hydrogen) atoms. The highest BCUT2D eigenvalue weighted by atomic mass is 19.4. The number of methoxy groups -OCH3 is 1. The Bertz CT molecular complexity index is 1370. The molecule has 8 nitrogen and oxygen atoms in total. The Kier molecular flexibility index (Phi) is 12.2. The molecule has 2 aliphatic rings. The van der Waals surface area contributed by atoms with Crippen molar-refractivity contribution in [2.24, 2.45) is 0 Å². The Morgan fingerprint density at radius 1 is 1.11 bits per heavy atom. The van der Waals surface area contributed by atoms with Gasteiger partial charge in [-0.1, -0.05) is 18.2 Å². The monoisotopic (exact) mass is 653 g/mol. The van der Waals surface area contributed by atoms with Crippen LogP contribution in [0.5, 0.6) is 5.75 Å². The summed E-state index contributed by atoms with van der Waals surface area (Å²) in [5.41, 5.74) is 2.09. The van der Waals surface area contributed by atoms with E-state index in [1.807, 2.05) is 18.2 Å². The van der Waals surface area contributed by atoms with Crippen LogP contribution in [-0.4, -0.2) is 73.5 Å². The summed E-state index contributed by atoms with van der Waals surface area (Å²) in [6, 6.07) is 6.23. The van der Waals surface area contributed by atoms with Crippen LogP contribution in [-0.2, 0) is 20.7 Å². The normalized spacial score (nSPS) is 25.0. The first-order valence-corrected chi connectivity index (χ1v) is 15.3. The minimum atomic E-state index is -4.41. The fourth-order valence-electron chi connectivity index (χ4n) is 5.95. The topological polar surface area (TPSA) is 100 Å². The molecule has 2 aromatic carbocycles. The van der Waals surface area contributed by atoms with Gasteiger partial charge in [0.05, 0.1) is 32.0 Å². The number of β-amino-alcohol motifs (C(OH)–C–C–N with tert-alkyl or cyclic N) is 1. The lowest BCUT2D eigenvalue weighted by atomic mass is 9.98. The van der Waals surface area contributed by atoms with E-state index in [0.717, 1.165) is 28.2 Å². The van der Waals surface area contributed by atoms with Crippen molar-refractivity contribution in [3.05, 3.63) is 76.9 Å². The van der Waals surface area contributed by atoms with Gasteiger partial charge in [-0.05, 0) is 73.1 Å². The van der Waals surface area contributed by atoms with Gasteiger partial charge in [-0.15, -0.1) is 0 Å². The highest BCUT2D eigenvalue weighted by molar-refractivity contribution is 5.87. The molecule has 3 N–H and O–H groups in total. The van der Waals surface area contributed by atoms with Crippen LogP contribution in [0.15, 0.2) is 48.6 Å². The average Bonchev–Trinajstić information content (AvgIpc) is 3.33. The maximum atomic E-state index is 14.1. The van der Waals surface area contributed by atoms with Gasteiger partial charge in [-0.25, -0.2) is 8.78 Å². The highest BCUT2D eigenvalue weighted by Gasteiger charge is 2.35. The molecule has 1 aliphatic carbocycles. The number of likely N-dealkylation sites (N-methyl/N-ethyl adjacent to an activating group) is 1. The number of nitrogens with one attached hydrogen (secondary N) is 2. The summed E-state index contributed by atoms with van der Waals surface area (Å²) in [6.07, 6.45) is -3.35. The first kappa shape index (κ1) is 35.3. The second kappa shape index (κ2) is 15.8. The third kappa shape index (κ3) is 9.73. The van der Waals surface area contributed by atoms with E-state index in [2.05, 4.69) is 10.6 Å². The number of fused-ring (bicyclic) bond motifs is 5. The summed E-state index contributed by atoms with van der Waals surface area (Å²) in [7, 11) is 2.91. The predicted molar refractivity (Wildman–Crippen MR) is 160 cm³/mol. The van der Waals surface area contributed by atoms with E-state index in [1.165, 1.54) is 7.05 Å². The van der Waals surface area contributed by atoms with E-state index in [0.29, 0.717) is 24.7 Å². The molecule has 13 heteroatoms. The van der Waals surface area contributed by atoms with Gasteiger partial charge in [0, 0.05) is 38.5 Å². The number of rotatable bonds is 7. The minimum absolute atomic E-state index is 0.0203. The first-order valence-electron chi connectivity index (χ1n) is 15.3. The van der Waals surface area contributed by atoms with Gasteiger partial charge >= 0.3 is 6.18 Å². The number of aliphatic hydroxyl groups excluding tert-OH is 1. The zero-order valence-corrected chi connectivity index (χ0v) is 25.8. The van der Waals surface area contributed by atoms with E-state index >= 15 is 0 Å². The molecule has 0 spiro atoms. The van der Waals surface area contributed by atoms with Crippen molar-refractivity contribution in [3.63, 3.8) is 0 Å². The van der Waals surface area contributed by atoms with Gasteiger partial charge in [0.2, 0.25) is 11.8 Å². The number of nitrogens with zero attached hydrogens (tertiary/aromatic N) is 1. The third-order valence-corrected chi connectivity index (χ3v) is 8.39.